The molecule has 0 aliphatic heterocycles. The summed E-state index contributed by atoms with van der Waals surface area (Å²) in [5, 5.41) is 11.4. The first-order chi connectivity index (χ1) is 6.84. The average molecular weight is 198 g/mol. The molecule has 1 aromatic heterocycles. The largest absolute Gasteiger partial charge is 0.394 e. The number of nitrogens with one attached hydrogen (secondary N) is 1. The molecule has 0 atom stereocenters. The molecule has 0 aliphatic rings. The first-order valence-electron chi connectivity index (χ1n) is 4.32. The van der Waals surface area contributed by atoms with Gasteiger partial charge in [0.05, 0.1) is 31.7 Å². The fourth-order valence-electron chi connectivity index (χ4n) is 0.896. The second kappa shape index (κ2) is 6.11. The lowest BCUT2D eigenvalue weighted by molar-refractivity contribution is 0.0992. The highest BCUT2D eigenvalue weighted by atomic mass is 16.5. The Balaban J connectivity index is 2.21. The van der Waals surface area contributed by atoms with Crippen molar-refractivity contribution in [2.75, 3.05) is 37.4 Å². The standard InChI is InChI=1S/C8H14N4O2/c9-7-5-10-6-12-8(7)11-1-3-14-4-2-13/h5-6,13H,1-4,9H2,(H,10,11,12). The molecule has 4 N–H and O–H groups in total. The number of nitrogens with two attached hydrogens (primary N) is 1. The molecule has 0 radical (unpaired) electrons. The molecular formula is C8H14N4O2. The van der Waals surface area contributed by atoms with Gasteiger partial charge in [0.1, 0.15) is 6.33 Å². The van der Waals surface area contributed by atoms with Crippen LogP contribution in [0.1, 0.15) is 0 Å². The highest BCUT2D eigenvalue weighted by Crippen LogP contribution is 2.10. The van der Waals surface area contributed by atoms with E-state index in [4.69, 9.17) is 15.6 Å². The number of aliphatic hydroxyl groups excluding tert-OH is 1. The van der Waals surface area contributed by atoms with Crippen molar-refractivity contribution in [3.63, 3.8) is 0 Å². The number of anilines is 2. The molecule has 0 saturated carbocycles. The topological polar surface area (TPSA) is 93.3 Å². The van der Waals surface area contributed by atoms with Crippen molar-refractivity contribution in [1.82, 2.24) is 9.97 Å². The van der Waals surface area contributed by atoms with Gasteiger partial charge < -0.3 is 20.9 Å². The van der Waals surface area contributed by atoms with E-state index in [2.05, 4.69) is 15.3 Å². The summed E-state index contributed by atoms with van der Waals surface area (Å²) >= 11 is 0. The Hall–Kier alpha value is -1.40. The van der Waals surface area contributed by atoms with E-state index in [1.807, 2.05) is 0 Å². The second-order valence-electron chi connectivity index (χ2n) is 2.59. The minimum Gasteiger partial charge on any atom is -0.394 e. The van der Waals surface area contributed by atoms with E-state index in [1.165, 1.54) is 12.5 Å². The Labute approximate surface area is 82.1 Å². The van der Waals surface area contributed by atoms with Gasteiger partial charge in [-0.3, -0.25) is 0 Å². The Bertz CT molecular complexity index is 269. The number of aromatic nitrogens is 2. The molecule has 0 fully saturated rings. The van der Waals surface area contributed by atoms with Crippen LogP contribution < -0.4 is 11.1 Å². The van der Waals surface area contributed by atoms with Crippen LogP contribution in [0.5, 0.6) is 0 Å². The molecule has 78 valence electrons. The number of hydrogen-bond donors (Lipinski definition) is 3. The fraction of sp³-hybridized carbons (Fsp3) is 0.500. The molecule has 0 spiro atoms. The first-order valence-corrected chi connectivity index (χ1v) is 4.32. The SMILES string of the molecule is Nc1cncnc1NCCOCCO. The smallest absolute Gasteiger partial charge is 0.152 e. The third-order valence-electron chi connectivity index (χ3n) is 1.52. The minimum atomic E-state index is 0.0373. The molecule has 0 aliphatic carbocycles. The van der Waals surface area contributed by atoms with Gasteiger partial charge in [-0.2, -0.15) is 0 Å². The van der Waals surface area contributed by atoms with Gasteiger partial charge in [0.25, 0.3) is 0 Å². The van der Waals surface area contributed by atoms with Crippen LogP contribution in [-0.4, -0.2) is 41.4 Å². The maximum Gasteiger partial charge on any atom is 0.152 e. The highest BCUT2D eigenvalue weighted by Gasteiger charge is 1.97. The van der Waals surface area contributed by atoms with Gasteiger partial charge in [-0.25, -0.2) is 9.97 Å². The number of ether oxygens (including phenoxy) is 1. The van der Waals surface area contributed by atoms with Crippen molar-refractivity contribution >= 4 is 11.5 Å². The van der Waals surface area contributed by atoms with Crippen molar-refractivity contribution in [2.45, 2.75) is 0 Å². The third-order valence-corrected chi connectivity index (χ3v) is 1.52. The summed E-state index contributed by atoms with van der Waals surface area (Å²) in [7, 11) is 0. The quantitative estimate of drug-likeness (QED) is 0.532. The van der Waals surface area contributed by atoms with Gasteiger partial charge >= 0.3 is 0 Å². The van der Waals surface area contributed by atoms with E-state index in [-0.39, 0.29) is 6.61 Å². The van der Waals surface area contributed by atoms with E-state index in [9.17, 15) is 0 Å². The molecule has 0 saturated heterocycles. The lowest BCUT2D eigenvalue weighted by Crippen LogP contribution is -2.13. The zero-order valence-corrected chi connectivity index (χ0v) is 7.81. The molecule has 0 amide bonds. The number of nitrogen functional groups attached to an aromatic ring is 1. The summed E-state index contributed by atoms with van der Waals surface area (Å²) in [6, 6.07) is 0. The average Bonchev–Trinajstić information content (AvgIpc) is 2.20. The lowest BCUT2D eigenvalue weighted by Gasteiger charge is -2.07. The summed E-state index contributed by atoms with van der Waals surface area (Å²) in [4.78, 5) is 7.71. The van der Waals surface area contributed by atoms with Crippen molar-refractivity contribution < 1.29 is 9.84 Å². The van der Waals surface area contributed by atoms with Crippen molar-refractivity contribution in [2.24, 2.45) is 0 Å². The van der Waals surface area contributed by atoms with Gasteiger partial charge in [-0.1, -0.05) is 0 Å². The molecule has 1 rings (SSSR count). The summed E-state index contributed by atoms with van der Waals surface area (Å²) in [6.07, 6.45) is 2.96. The number of nitrogens with zero attached hydrogens (tertiary/aromatic N) is 2. The van der Waals surface area contributed by atoms with E-state index in [1.54, 1.807) is 0 Å². The van der Waals surface area contributed by atoms with Crippen LogP contribution in [0.3, 0.4) is 0 Å². The lowest BCUT2D eigenvalue weighted by atomic mass is 10.5. The summed E-state index contributed by atoms with van der Waals surface area (Å²) < 4.78 is 5.05. The van der Waals surface area contributed by atoms with Crippen LogP contribution in [0, 0.1) is 0 Å². The van der Waals surface area contributed by atoms with Crippen molar-refractivity contribution in [1.29, 1.82) is 0 Å². The second-order valence-corrected chi connectivity index (χ2v) is 2.59. The monoisotopic (exact) mass is 198 g/mol. The number of aliphatic hydroxyl groups is 1. The molecule has 14 heavy (non-hydrogen) atoms. The van der Waals surface area contributed by atoms with E-state index in [0.717, 1.165) is 0 Å². The van der Waals surface area contributed by atoms with E-state index >= 15 is 0 Å². The molecule has 6 nitrogen and oxygen atoms in total. The van der Waals surface area contributed by atoms with Gasteiger partial charge in [0.15, 0.2) is 5.82 Å². The predicted octanol–water partition coefficient (Wildman–Crippen LogP) is -0.520. The zero-order valence-electron chi connectivity index (χ0n) is 7.81. The predicted molar refractivity (Wildman–Crippen MR) is 52.8 cm³/mol. The Morgan fingerprint density at radius 3 is 3.07 bits per heavy atom. The maximum atomic E-state index is 8.44. The van der Waals surface area contributed by atoms with Crippen LogP contribution in [0.15, 0.2) is 12.5 Å². The summed E-state index contributed by atoms with van der Waals surface area (Å²) in [5.41, 5.74) is 6.10. The van der Waals surface area contributed by atoms with Gasteiger partial charge in [0.2, 0.25) is 0 Å². The van der Waals surface area contributed by atoms with Gasteiger partial charge in [-0.15, -0.1) is 0 Å². The molecule has 1 heterocycles. The molecule has 0 aromatic carbocycles. The van der Waals surface area contributed by atoms with Crippen LogP contribution >= 0.6 is 0 Å². The third kappa shape index (κ3) is 3.55. The number of rotatable bonds is 6. The Kier molecular flexibility index (Phi) is 4.66. The zero-order chi connectivity index (χ0) is 10.2. The Morgan fingerprint density at radius 1 is 1.50 bits per heavy atom. The van der Waals surface area contributed by atoms with Gasteiger partial charge in [-0.05, 0) is 0 Å². The van der Waals surface area contributed by atoms with Crippen molar-refractivity contribution in [3.8, 4) is 0 Å². The molecule has 1 aromatic rings. The number of hydrogen-bond acceptors (Lipinski definition) is 6. The molecule has 6 heteroatoms. The summed E-state index contributed by atoms with van der Waals surface area (Å²) in [6.45, 7) is 1.49. The highest BCUT2D eigenvalue weighted by molar-refractivity contribution is 5.58. The van der Waals surface area contributed by atoms with E-state index < -0.39 is 0 Å². The molecule has 0 unspecified atom stereocenters. The summed E-state index contributed by atoms with van der Waals surface area (Å²) in [5.74, 6) is 0.604. The molecular weight excluding hydrogens is 184 g/mol. The maximum absolute atomic E-state index is 8.44. The van der Waals surface area contributed by atoms with Crippen LogP contribution in [-0.2, 0) is 4.74 Å². The Morgan fingerprint density at radius 2 is 2.36 bits per heavy atom. The van der Waals surface area contributed by atoms with E-state index in [0.29, 0.717) is 31.3 Å². The fourth-order valence-corrected chi connectivity index (χ4v) is 0.896. The van der Waals surface area contributed by atoms with Gasteiger partial charge in [0, 0.05) is 6.54 Å². The van der Waals surface area contributed by atoms with Crippen LogP contribution in [0.4, 0.5) is 11.5 Å². The normalized spacial score (nSPS) is 10.1. The van der Waals surface area contributed by atoms with Crippen LogP contribution in [0.2, 0.25) is 0 Å². The minimum absolute atomic E-state index is 0.0373. The van der Waals surface area contributed by atoms with Crippen LogP contribution in [0.25, 0.3) is 0 Å². The van der Waals surface area contributed by atoms with Crippen molar-refractivity contribution in [3.05, 3.63) is 12.5 Å². The first kappa shape index (κ1) is 10.7. The molecule has 0 bridgehead atoms.